The molecule has 0 spiro atoms. The summed E-state index contributed by atoms with van der Waals surface area (Å²) in [5, 5.41) is 16.7. The van der Waals surface area contributed by atoms with Crippen LogP contribution < -0.4 is 5.32 Å². The molecule has 0 radical (unpaired) electrons. The van der Waals surface area contributed by atoms with Crippen LogP contribution in [0.1, 0.15) is 6.92 Å². The van der Waals surface area contributed by atoms with Gasteiger partial charge in [0, 0.05) is 6.92 Å². The molecule has 0 amide bonds. The molecule has 0 aromatic rings. The number of nitriles is 2. The van der Waals surface area contributed by atoms with Crippen molar-refractivity contribution in [1.82, 2.24) is 5.32 Å². The normalized spacial score (nSPS) is 15.9. The predicted octanol–water partition coefficient (Wildman–Crippen LogP) is 0.504. The lowest BCUT2D eigenvalue weighted by Crippen LogP contribution is -2.35. The second-order valence-corrected chi connectivity index (χ2v) is 2.86. The molecule has 0 bridgehead atoms. The van der Waals surface area contributed by atoms with E-state index >= 15 is 0 Å². The van der Waals surface area contributed by atoms with Crippen molar-refractivity contribution in [3.05, 3.63) is 12.4 Å². The quantitative estimate of drug-likeness (QED) is 0.333. The Morgan fingerprint density at radius 3 is 2.00 bits per heavy atom. The van der Waals surface area contributed by atoms with E-state index in [0.29, 0.717) is 0 Å². The van der Waals surface area contributed by atoms with Gasteiger partial charge in [0.2, 0.25) is 5.84 Å². The molecule has 0 aromatic heterocycles. The molecule has 1 aliphatic heterocycles. The van der Waals surface area contributed by atoms with Crippen molar-refractivity contribution in [3.8, 4) is 12.4 Å². The standard InChI is InChI=1S/C6H11N2.C2HN3/c1-6-7-4-5-8(6,2)3;3-1-5-2-4/h4-5H,1-3H3;5H/q+1;. The van der Waals surface area contributed by atoms with E-state index in [1.807, 2.05) is 13.1 Å². The molecule has 0 saturated heterocycles. The Bertz CT molecular complexity index is 287. The summed E-state index contributed by atoms with van der Waals surface area (Å²) in [6.07, 6.45) is 6.71. The van der Waals surface area contributed by atoms with Gasteiger partial charge >= 0.3 is 0 Å². The van der Waals surface area contributed by atoms with E-state index in [1.165, 1.54) is 12.4 Å². The van der Waals surface area contributed by atoms with Crippen LogP contribution in [0, 0.1) is 22.9 Å². The minimum atomic E-state index is 0.806. The van der Waals surface area contributed by atoms with Crippen LogP contribution >= 0.6 is 0 Å². The van der Waals surface area contributed by atoms with Crippen molar-refractivity contribution in [1.29, 1.82) is 10.5 Å². The zero-order valence-corrected chi connectivity index (χ0v) is 7.94. The third-order valence-electron chi connectivity index (χ3n) is 1.65. The minimum absolute atomic E-state index is 0.806. The average molecular weight is 178 g/mol. The Morgan fingerprint density at radius 2 is 1.92 bits per heavy atom. The maximum Gasteiger partial charge on any atom is 0.203 e. The monoisotopic (exact) mass is 178 g/mol. The number of aliphatic imine (C=N–C) groups is 1. The number of rotatable bonds is 0. The van der Waals surface area contributed by atoms with Crippen molar-refractivity contribution in [2.75, 3.05) is 14.1 Å². The summed E-state index contributed by atoms with van der Waals surface area (Å²) < 4.78 is 0.806. The third kappa shape index (κ3) is 3.90. The Morgan fingerprint density at radius 1 is 1.38 bits per heavy atom. The maximum absolute atomic E-state index is 7.48. The van der Waals surface area contributed by atoms with E-state index in [0.717, 1.165) is 10.3 Å². The summed E-state index contributed by atoms with van der Waals surface area (Å²) in [5.41, 5.74) is 0. The van der Waals surface area contributed by atoms with Gasteiger partial charge in [-0.05, 0) is 0 Å². The van der Waals surface area contributed by atoms with Gasteiger partial charge < -0.3 is 0 Å². The van der Waals surface area contributed by atoms with Gasteiger partial charge in [0.05, 0.1) is 20.3 Å². The van der Waals surface area contributed by atoms with Crippen LogP contribution in [0.25, 0.3) is 0 Å². The first-order valence-corrected chi connectivity index (χ1v) is 3.64. The zero-order valence-electron chi connectivity index (χ0n) is 7.94. The van der Waals surface area contributed by atoms with Crippen molar-refractivity contribution in [2.24, 2.45) is 4.99 Å². The summed E-state index contributed by atoms with van der Waals surface area (Å²) in [5.74, 6) is 1.14. The van der Waals surface area contributed by atoms with E-state index < -0.39 is 0 Å². The van der Waals surface area contributed by atoms with Crippen LogP contribution in [0.15, 0.2) is 17.4 Å². The summed E-state index contributed by atoms with van der Waals surface area (Å²) in [6, 6.07) is 0. The fourth-order valence-corrected chi connectivity index (χ4v) is 0.590. The Kier molecular flexibility index (Phi) is 4.21. The molecule has 1 heterocycles. The summed E-state index contributed by atoms with van der Waals surface area (Å²) >= 11 is 0. The highest BCUT2D eigenvalue weighted by Gasteiger charge is 2.19. The largest absolute Gasteiger partial charge is 0.256 e. The first kappa shape index (κ1) is 11.2. The van der Waals surface area contributed by atoms with Crippen LogP contribution in [0.2, 0.25) is 0 Å². The van der Waals surface area contributed by atoms with Crippen molar-refractivity contribution in [3.63, 3.8) is 0 Å². The molecular formula is C8H12N5+. The molecule has 1 N–H and O–H groups in total. The summed E-state index contributed by atoms with van der Waals surface area (Å²) in [7, 11) is 4.20. The molecule has 1 rings (SSSR count). The molecule has 68 valence electrons. The van der Waals surface area contributed by atoms with Crippen molar-refractivity contribution < 1.29 is 4.48 Å². The number of amidine groups is 1. The number of hydrogen-bond donors (Lipinski definition) is 1. The van der Waals surface area contributed by atoms with E-state index in [9.17, 15) is 0 Å². The zero-order chi connectivity index (χ0) is 10.3. The molecule has 0 saturated carbocycles. The van der Waals surface area contributed by atoms with Crippen LogP contribution in [0.3, 0.4) is 0 Å². The van der Waals surface area contributed by atoms with Crippen LogP contribution in [0.5, 0.6) is 0 Å². The van der Waals surface area contributed by atoms with Gasteiger partial charge in [0.25, 0.3) is 0 Å². The molecule has 0 aromatic carbocycles. The van der Waals surface area contributed by atoms with E-state index in [-0.39, 0.29) is 0 Å². The lowest BCUT2D eigenvalue weighted by Gasteiger charge is -2.18. The summed E-state index contributed by atoms with van der Waals surface area (Å²) in [6.45, 7) is 2.03. The molecule has 0 aliphatic carbocycles. The van der Waals surface area contributed by atoms with Crippen molar-refractivity contribution >= 4 is 5.84 Å². The van der Waals surface area contributed by atoms with Crippen LogP contribution in [-0.2, 0) is 0 Å². The maximum atomic E-state index is 7.48. The van der Waals surface area contributed by atoms with Crippen LogP contribution in [-0.4, -0.2) is 24.4 Å². The second kappa shape index (κ2) is 4.91. The number of quaternary nitrogens is 1. The Hall–Kier alpha value is -1.85. The molecule has 0 fully saturated rings. The highest BCUT2D eigenvalue weighted by atomic mass is 15.4. The van der Waals surface area contributed by atoms with Gasteiger partial charge in [-0.15, -0.1) is 0 Å². The molecule has 0 unspecified atom stereocenters. The molecule has 0 atom stereocenters. The first-order valence-electron chi connectivity index (χ1n) is 3.64. The van der Waals surface area contributed by atoms with Gasteiger partial charge in [0.1, 0.15) is 6.20 Å². The Labute approximate surface area is 77.8 Å². The Balaban J connectivity index is 0.000000252. The molecule has 5 nitrogen and oxygen atoms in total. The minimum Gasteiger partial charge on any atom is -0.256 e. The number of nitrogens with zero attached hydrogens (tertiary/aromatic N) is 4. The number of nitrogens with one attached hydrogen (secondary N) is 1. The lowest BCUT2D eigenvalue weighted by atomic mass is 10.5. The van der Waals surface area contributed by atoms with Crippen LogP contribution in [0.4, 0.5) is 0 Å². The average Bonchev–Trinajstić information content (AvgIpc) is 2.33. The highest BCUT2D eigenvalue weighted by Crippen LogP contribution is 2.07. The SMILES string of the molecule is CC1=NC=C[N+]1(C)C.N#CNC#N. The molecule has 5 heteroatoms. The predicted molar refractivity (Wildman–Crippen MR) is 48.7 cm³/mol. The molecule has 1 aliphatic rings. The van der Waals surface area contributed by atoms with E-state index in [2.05, 4.69) is 25.3 Å². The second-order valence-electron chi connectivity index (χ2n) is 2.86. The van der Waals surface area contributed by atoms with Gasteiger partial charge in [-0.2, -0.15) is 10.5 Å². The van der Waals surface area contributed by atoms with E-state index in [4.69, 9.17) is 10.5 Å². The van der Waals surface area contributed by atoms with Gasteiger partial charge in [0.15, 0.2) is 12.4 Å². The van der Waals surface area contributed by atoms with E-state index in [1.54, 1.807) is 5.32 Å². The molecular weight excluding hydrogens is 166 g/mol. The van der Waals surface area contributed by atoms with Gasteiger partial charge in [-0.1, -0.05) is 0 Å². The fourth-order valence-electron chi connectivity index (χ4n) is 0.590. The number of hydrogen-bond acceptors (Lipinski definition) is 4. The first-order chi connectivity index (χ1) is 6.04. The van der Waals surface area contributed by atoms with Crippen molar-refractivity contribution in [2.45, 2.75) is 6.92 Å². The summed E-state index contributed by atoms with van der Waals surface area (Å²) in [4.78, 5) is 4.10. The molecule has 13 heavy (non-hydrogen) atoms. The van der Waals surface area contributed by atoms with Gasteiger partial charge in [-0.3, -0.25) is 4.48 Å². The van der Waals surface area contributed by atoms with Gasteiger partial charge in [-0.25, -0.2) is 10.3 Å². The highest BCUT2D eigenvalue weighted by molar-refractivity contribution is 5.75. The smallest absolute Gasteiger partial charge is 0.203 e. The topological polar surface area (TPSA) is 72.0 Å². The fraction of sp³-hybridized carbons (Fsp3) is 0.375. The lowest BCUT2D eigenvalue weighted by molar-refractivity contribution is -0.740. The third-order valence-corrected chi connectivity index (χ3v) is 1.65.